The summed E-state index contributed by atoms with van der Waals surface area (Å²) in [6.45, 7) is 1.96. The fourth-order valence-electron chi connectivity index (χ4n) is 0.686. The van der Waals surface area contributed by atoms with Crippen molar-refractivity contribution in [2.24, 2.45) is 0 Å². The molecule has 0 aliphatic carbocycles. The van der Waals surface area contributed by atoms with Gasteiger partial charge in [-0.2, -0.15) is 75.8 Å². The van der Waals surface area contributed by atoms with Crippen LogP contribution in [0.1, 0.15) is 6.92 Å². The van der Waals surface area contributed by atoms with Gasteiger partial charge in [0, 0.05) is 21.5 Å². The first kappa shape index (κ1) is 14.1. The minimum Gasteiger partial charge on any atom is -0.178 e. The Morgan fingerprint density at radius 1 is 1.17 bits per heavy atom. The van der Waals surface area contributed by atoms with Crippen molar-refractivity contribution in [1.82, 2.24) is 0 Å². The van der Waals surface area contributed by atoms with Gasteiger partial charge in [-0.3, -0.25) is 0 Å². The molecule has 0 saturated carbocycles. The summed E-state index contributed by atoms with van der Waals surface area (Å²) in [6, 6.07) is 0. The molecule has 0 aromatic rings. The zero-order valence-corrected chi connectivity index (χ0v) is 12.0. The first-order chi connectivity index (χ1) is 5.34. The number of thiol groups is 6. The Morgan fingerprint density at radius 3 is 1.83 bits per heavy atom. The predicted molar refractivity (Wildman–Crippen MR) is 78.6 cm³/mol. The summed E-state index contributed by atoms with van der Waals surface area (Å²) in [5.74, 6) is 0.619. The van der Waals surface area contributed by atoms with Crippen LogP contribution in [0.4, 0.5) is 0 Å². The third-order valence-corrected chi connectivity index (χ3v) is 6.18. The maximum atomic E-state index is 4.41. The van der Waals surface area contributed by atoms with Crippen molar-refractivity contribution in [3.05, 3.63) is 0 Å². The summed E-state index contributed by atoms with van der Waals surface area (Å²) in [5, 5.41) is 0.0876. The summed E-state index contributed by atoms with van der Waals surface area (Å²) < 4.78 is -0.546. The third-order valence-electron chi connectivity index (χ3n) is 1.56. The van der Waals surface area contributed by atoms with Crippen molar-refractivity contribution in [2.45, 2.75) is 26.8 Å². The van der Waals surface area contributed by atoms with E-state index in [1.165, 1.54) is 0 Å². The van der Waals surface area contributed by atoms with Gasteiger partial charge in [-0.1, -0.05) is 6.92 Å². The topological polar surface area (TPSA) is 0 Å². The molecule has 0 fully saturated rings. The van der Waals surface area contributed by atoms with Gasteiger partial charge in [-0.05, 0) is 0 Å². The molecule has 0 nitrogen and oxygen atoms in total. The first-order valence-electron chi connectivity index (χ1n) is 3.43. The van der Waals surface area contributed by atoms with E-state index in [2.05, 4.69) is 75.8 Å². The maximum absolute atomic E-state index is 4.41. The molecule has 0 N–H and O–H groups in total. The van der Waals surface area contributed by atoms with Crippen LogP contribution in [-0.2, 0) is 0 Å². The zero-order valence-electron chi connectivity index (χ0n) is 6.62. The van der Waals surface area contributed by atoms with Gasteiger partial charge in [-0.15, -0.1) is 0 Å². The average Bonchev–Trinajstić information content (AvgIpc) is 2.01. The van der Waals surface area contributed by atoms with E-state index in [1.807, 2.05) is 6.92 Å². The average molecular weight is 279 g/mol. The van der Waals surface area contributed by atoms with Crippen LogP contribution in [0.3, 0.4) is 0 Å². The Morgan fingerprint density at radius 2 is 1.58 bits per heavy atom. The van der Waals surface area contributed by atoms with E-state index in [1.54, 1.807) is 0 Å². The lowest BCUT2D eigenvalue weighted by molar-refractivity contribution is 0.739. The molecule has 0 saturated heterocycles. The number of rotatable bonds is 4. The van der Waals surface area contributed by atoms with Crippen LogP contribution < -0.4 is 0 Å². The highest BCUT2D eigenvalue weighted by Crippen LogP contribution is 2.38. The molecule has 0 rings (SSSR count). The summed E-state index contributed by atoms with van der Waals surface area (Å²) in [4.78, 5) is 0. The van der Waals surface area contributed by atoms with E-state index in [9.17, 15) is 0 Å². The largest absolute Gasteiger partial charge is 0.178 e. The molecule has 0 aliphatic heterocycles. The Hall–Kier alpha value is 2.10. The lowest BCUT2D eigenvalue weighted by Gasteiger charge is -2.35. The molecule has 0 radical (unpaired) electrons. The second-order valence-corrected chi connectivity index (χ2v) is 6.86. The van der Waals surface area contributed by atoms with Gasteiger partial charge in [0.15, 0.2) is 0 Å². The van der Waals surface area contributed by atoms with E-state index < -0.39 is 4.08 Å². The standard InChI is InChI=1S/C6H14S6/c1-3(8)5(10)6(11,12)4(9)2-7/h3-5,7-12H,2H2,1H3. The van der Waals surface area contributed by atoms with Gasteiger partial charge in [0.05, 0.1) is 4.08 Å². The Bertz CT molecular complexity index is 134. The van der Waals surface area contributed by atoms with Crippen molar-refractivity contribution >= 4 is 75.8 Å². The highest BCUT2D eigenvalue weighted by molar-refractivity contribution is 8.03. The second kappa shape index (κ2) is 5.85. The van der Waals surface area contributed by atoms with E-state index in [0.717, 1.165) is 0 Å². The highest BCUT2D eigenvalue weighted by atomic mass is 32.2. The van der Waals surface area contributed by atoms with Crippen LogP contribution >= 0.6 is 75.8 Å². The fourth-order valence-corrected chi connectivity index (χ4v) is 2.82. The molecule has 6 heteroatoms. The maximum Gasteiger partial charge on any atom is 0.0801 e. The lowest BCUT2D eigenvalue weighted by Crippen LogP contribution is -2.42. The molecule has 0 aliphatic rings. The van der Waals surface area contributed by atoms with Gasteiger partial charge >= 0.3 is 0 Å². The fraction of sp³-hybridized carbons (Fsp3) is 1.00. The molecule has 0 aromatic carbocycles. The van der Waals surface area contributed by atoms with E-state index in [-0.39, 0.29) is 15.7 Å². The molecule has 3 unspecified atom stereocenters. The normalized spacial score (nSPS) is 20.2. The minimum absolute atomic E-state index is 0.00963. The monoisotopic (exact) mass is 278 g/mol. The van der Waals surface area contributed by atoms with Gasteiger partial charge in [0.25, 0.3) is 0 Å². The van der Waals surface area contributed by atoms with E-state index >= 15 is 0 Å². The van der Waals surface area contributed by atoms with Crippen LogP contribution in [0.5, 0.6) is 0 Å². The Kier molecular flexibility index (Phi) is 6.88. The van der Waals surface area contributed by atoms with Gasteiger partial charge in [-0.25, -0.2) is 0 Å². The van der Waals surface area contributed by atoms with E-state index in [4.69, 9.17) is 0 Å². The number of hydrogen-bond acceptors (Lipinski definition) is 6. The summed E-state index contributed by atoms with van der Waals surface area (Å²) >= 11 is 26.0. The number of hydrogen-bond donors (Lipinski definition) is 6. The molecule has 3 atom stereocenters. The molecule has 0 bridgehead atoms. The van der Waals surface area contributed by atoms with Crippen LogP contribution in [0.25, 0.3) is 0 Å². The van der Waals surface area contributed by atoms with Crippen molar-refractivity contribution in [3.8, 4) is 0 Å². The van der Waals surface area contributed by atoms with Crippen LogP contribution in [0, 0.1) is 0 Å². The summed E-state index contributed by atoms with van der Waals surface area (Å²) in [6.07, 6.45) is 0. The van der Waals surface area contributed by atoms with Gasteiger partial charge in [0.1, 0.15) is 0 Å². The Balaban J connectivity index is 4.37. The van der Waals surface area contributed by atoms with Gasteiger partial charge < -0.3 is 0 Å². The van der Waals surface area contributed by atoms with Crippen LogP contribution in [-0.4, -0.2) is 25.6 Å². The van der Waals surface area contributed by atoms with E-state index in [0.29, 0.717) is 5.75 Å². The summed E-state index contributed by atoms with van der Waals surface area (Å²) in [5.41, 5.74) is 0. The molecule has 0 heterocycles. The third kappa shape index (κ3) is 3.69. The molecule has 0 spiro atoms. The summed E-state index contributed by atoms with van der Waals surface area (Å²) in [7, 11) is 0. The Labute approximate surface area is 107 Å². The second-order valence-electron chi connectivity index (χ2n) is 2.67. The molecule has 0 aromatic heterocycles. The molecular weight excluding hydrogens is 264 g/mol. The zero-order chi connectivity index (χ0) is 9.94. The highest BCUT2D eigenvalue weighted by Gasteiger charge is 2.37. The molecular formula is C6H14S6. The van der Waals surface area contributed by atoms with Crippen molar-refractivity contribution in [2.75, 3.05) is 5.75 Å². The van der Waals surface area contributed by atoms with Crippen LogP contribution in [0.15, 0.2) is 0 Å². The van der Waals surface area contributed by atoms with Crippen molar-refractivity contribution in [1.29, 1.82) is 0 Å². The lowest BCUT2D eigenvalue weighted by atomic mass is 10.2. The molecule has 12 heavy (non-hydrogen) atoms. The smallest absolute Gasteiger partial charge is 0.0801 e. The van der Waals surface area contributed by atoms with Crippen molar-refractivity contribution < 1.29 is 0 Å². The van der Waals surface area contributed by atoms with Crippen molar-refractivity contribution in [3.63, 3.8) is 0 Å². The SMILES string of the molecule is CC(S)C(S)C(S)(S)C(S)CS. The minimum atomic E-state index is -0.546. The predicted octanol–water partition coefficient (Wildman–Crippen LogP) is 2.39. The molecule has 0 amide bonds. The van der Waals surface area contributed by atoms with Crippen LogP contribution in [0.2, 0.25) is 0 Å². The van der Waals surface area contributed by atoms with Gasteiger partial charge in [0.2, 0.25) is 0 Å². The first-order valence-corrected chi connectivity index (χ1v) is 6.51. The molecule has 74 valence electrons. The quantitative estimate of drug-likeness (QED) is 0.330.